The minimum absolute atomic E-state index is 0.0357. The van der Waals surface area contributed by atoms with Crippen molar-refractivity contribution in [2.45, 2.75) is 83.0 Å². The van der Waals surface area contributed by atoms with Crippen molar-refractivity contribution in [3.8, 4) is 5.75 Å². The Hall–Kier alpha value is -2.81. The molecule has 3 aliphatic rings. The molecule has 0 unspecified atom stereocenters. The second kappa shape index (κ2) is 12.4. The third kappa shape index (κ3) is 6.69. The average Bonchev–Trinajstić information content (AvgIpc) is 2.89. The van der Waals surface area contributed by atoms with Crippen molar-refractivity contribution in [2.24, 2.45) is 5.92 Å². The fourth-order valence-corrected chi connectivity index (χ4v) is 5.45. The van der Waals surface area contributed by atoms with E-state index in [0.717, 1.165) is 19.4 Å². The summed E-state index contributed by atoms with van der Waals surface area (Å²) in [7, 11) is 1.78. The van der Waals surface area contributed by atoms with Crippen LogP contribution < -0.4 is 20.7 Å². The summed E-state index contributed by atoms with van der Waals surface area (Å²) < 4.78 is 12.3. The predicted molar refractivity (Wildman–Crippen MR) is 137 cm³/mol. The first-order chi connectivity index (χ1) is 17.4. The summed E-state index contributed by atoms with van der Waals surface area (Å²) in [4.78, 5) is 39.7. The van der Waals surface area contributed by atoms with E-state index in [1.807, 2.05) is 6.92 Å². The zero-order chi connectivity index (χ0) is 25.5. The van der Waals surface area contributed by atoms with Gasteiger partial charge in [0.25, 0.3) is 5.91 Å². The molecule has 0 bridgehead atoms. The molecule has 3 atom stereocenters. The van der Waals surface area contributed by atoms with Gasteiger partial charge in [0, 0.05) is 25.8 Å². The highest BCUT2D eigenvalue weighted by atomic mass is 16.5. The van der Waals surface area contributed by atoms with Gasteiger partial charge in [-0.15, -0.1) is 0 Å². The number of carbonyl (C=O) groups is 3. The third-order valence-corrected chi connectivity index (χ3v) is 7.53. The van der Waals surface area contributed by atoms with Crippen LogP contribution in [0.25, 0.3) is 0 Å². The van der Waals surface area contributed by atoms with Gasteiger partial charge in [-0.3, -0.25) is 9.59 Å². The molecular weight excluding hydrogens is 460 g/mol. The van der Waals surface area contributed by atoms with Crippen molar-refractivity contribution in [1.82, 2.24) is 15.5 Å². The molecule has 1 aliphatic carbocycles. The van der Waals surface area contributed by atoms with Gasteiger partial charge in [-0.1, -0.05) is 26.2 Å². The van der Waals surface area contributed by atoms with Crippen LogP contribution in [0.5, 0.6) is 5.75 Å². The van der Waals surface area contributed by atoms with Gasteiger partial charge >= 0.3 is 6.03 Å². The lowest BCUT2D eigenvalue weighted by molar-refractivity contribution is -0.134. The average molecular weight is 501 g/mol. The molecule has 9 nitrogen and oxygen atoms in total. The molecule has 1 saturated carbocycles. The van der Waals surface area contributed by atoms with E-state index in [0.29, 0.717) is 48.9 Å². The predicted octanol–water partition coefficient (Wildman–Crippen LogP) is 3.69. The SMILES string of the molecule is CCCNC(=O)Nc1ccc2c(c1)C(=O)N(C)[C@@H]1CC[C@H](CC(=O)NCC3CCCCC3)O[C@@H]1CO2. The topological polar surface area (TPSA) is 109 Å². The lowest BCUT2D eigenvalue weighted by atomic mass is 9.89. The number of ether oxygens (including phenoxy) is 2. The van der Waals surface area contributed by atoms with Crippen molar-refractivity contribution in [3.63, 3.8) is 0 Å². The summed E-state index contributed by atoms with van der Waals surface area (Å²) in [6.07, 6.45) is 8.36. The molecule has 0 radical (unpaired) electrons. The first-order valence-electron chi connectivity index (χ1n) is 13.5. The van der Waals surface area contributed by atoms with E-state index in [-0.39, 0.29) is 36.1 Å². The van der Waals surface area contributed by atoms with E-state index >= 15 is 0 Å². The Bertz CT molecular complexity index is 933. The van der Waals surface area contributed by atoms with Crippen LogP contribution in [0.15, 0.2) is 18.2 Å². The summed E-state index contributed by atoms with van der Waals surface area (Å²) in [5.74, 6) is 0.915. The van der Waals surface area contributed by atoms with Gasteiger partial charge in [0.1, 0.15) is 18.5 Å². The highest BCUT2D eigenvalue weighted by molar-refractivity contribution is 5.99. The summed E-state index contributed by atoms with van der Waals surface area (Å²) in [6, 6.07) is 4.63. The van der Waals surface area contributed by atoms with Crippen molar-refractivity contribution >= 4 is 23.5 Å². The minimum atomic E-state index is -0.311. The molecule has 0 spiro atoms. The minimum Gasteiger partial charge on any atom is -0.490 e. The second-order valence-corrected chi connectivity index (χ2v) is 10.3. The summed E-state index contributed by atoms with van der Waals surface area (Å²) in [5.41, 5.74) is 0.942. The van der Waals surface area contributed by atoms with Gasteiger partial charge in [-0.05, 0) is 56.2 Å². The molecule has 9 heteroatoms. The Kier molecular flexibility index (Phi) is 9.07. The van der Waals surface area contributed by atoms with E-state index in [4.69, 9.17) is 9.47 Å². The molecule has 3 N–H and O–H groups in total. The van der Waals surface area contributed by atoms with Crippen molar-refractivity contribution in [1.29, 1.82) is 0 Å². The first-order valence-corrected chi connectivity index (χ1v) is 13.5. The molecule has 36 heavy (non-hydrogen) atoms. The zero-order valence-electron chi connectivity index (χ0n) is 21.5. The number of hydrogen-bond acceptors (Lipinski definition) is 5. The number of fused-ring (bicyclic) bond motifs is 2. The van der Waals surface area contributed by atoms with Crippen molar-refractivity contribution in [3.05, 3.63) is 23.8 Å². The van der Waals surface area contributed by atoms with Crippen LogP contribution in [0.2, 0.25) is 0 Å². The monoisotopic (exact) mass is 500 g/mol. The number of nitrogens with zero attached hydrogens (tertiary/aromatic N) is 1. The molecule has 198 valence electrons. The van der Waals surface area contributed by atoms with Crippen LogP contribution in [0.4, 0.5) is 10.5 Å². The molecule has 2 fully saturated rings. The summed E-state index contributed by atoms with van der Waals surface area (Å²) >= 11 is 0. The summed E-state index contributed by atoms with van der Waals surface area (Å²) in [6.45, 7) is 3.60. The second-order valence-electron chi connectivity index (χ2n) is 10.3. The number of benzene rings is 1. The maximum absolute atomic E-state index is 13.3. The normalized spacial score (nSPS) is 24.4. The molecule has 2 heterocycles. The molecule has 1 aromatic rings. The summed E-state index contributed by atoms with van der Waals surface area (Å²) in [5, 5.41) is 8.64. The Labute approximate surface area is 213 Å². The maximum atomic E-state index is 13.3. The number of rotatable bonds is 7. The Morgan fingerprint density at radius 2 is 1.89 bits per heavy atom. The van der Waals surface area contributed by atoms with E-state index < -0.39 is 0 Å². The van der Waals surface area contributed by atoms with E-state index in [1.54, 1.807) is 30.1 Å². The fourth-order valence-electron chi connectivity index (χ4n) is 5.45. The number of carbonyl (C=O) groups excluding carboxylic acids is 3. The van der Waals surface area contributed by atoms with Crippen LogP contribution in [0, 0.1) is 5.92 Å². The molecule has 1 aromatic carbocycles. The number of amides is 4. The smallest absolute Gasteiger partial charge is 0.319 e. The maximum Gasteiger partial charge on any atom is 0.319 e. The van der Waals surface area contributed by atoms with E-state index in [9.17, 15) is 14.4 Å². The molecule has 4 amide bonds. The van der Waals surface area contributed by atoms with Gasteiger partial charge in [0.2, 0.25) is 5.91 Å². The van der Waals surface area contributed by atoms with Gasteiger partial charge < -0.3 is 30.3 Å². The van der Waals surface area contributed by atoms with Crippen LogP contribution in [0.3, 0.4) is 0 Å². The number of hydrogen-bond donors (Lipinski definition) is 3. The Morgan fingerprint density at radius 3 is 2.67 bits per heavy atom. The first kappa shape index (κ1) is 26.3. The molecular formula is C27H40N4O5. The largest absolute Gasteiger partial charge is 0.490 e. The Morgan fingerprint density at radius 1 is 1.08 bits per heavy atom. The van der Waals surface area contributed by atoms with Gasteiger partial charge in [0.15, 0.2) is 0 Å². The fraction of sp³-hybridized carbons (Fsp3) is 0.667. The van der Waals surface area contributed by atoms with Crippen LogP contribution in [-0.4, -0.2) is 67.7 Å². The molecule has 4 rings (SSSR count). The van der Waals surface area contributed by atoms with Gasteiger partial charge in [-0.25, -0.2) is 4.79 Å². The lowest BCUT2D eigenvalue weighted by Crippen LogP contribution is -2.54. The van der Waals surface area contributed by atoms with E-state index in [2.05, 4.69) is 16.0 Å². The van der Waals surface area contributed by atoms with Gasteiger partial charge in [0.05, 0.1) is 24.1 Å². The van der Waals surface area contributed by atoms with E-state index in [1.165, 1.54) is 32.1 Å². The van der Waals surface area contributed by atoms with Crippen LogP contribution in [0.1, 0.15) is 75.1 Å². The molecule has 1 saturated heterocycles. The molecule has 0 aromatic heterocycles. The number of likely N-dealkylation sites (N-methyl/N-ethyl adjacent to an activating group) is 1. The molecule has 2 aliphatic heterocycles. The highest BCUT2D eigenvalue weighted by Crippen LogP contribution is 2.32. The zero-order valence-corrected chi connectivity index (χ0v) is 21.5. The Balaban J connectivity index is 1.34. The van der Waals surface area contributed by atoms with Crippen molar-refractivity contribution < 1.29 is 23.9 Å². The van der Waals surface area contributed by atoms with Crippen LogP contribution in [-0.2, 0) is 9.53 Å². The van der Waals surface area contributed by atoms with Crippen LogP contribution >= 0.6 is 0 Å². The standard InChI is InChI=1S/C27H40N4O5/c1-3-13-28-27(34)30-19-9-12-23-21(14-19)26(33)31(2)22-11-10-20(36-24(22)17-35-23)15-25(32)29-16-18-7-5-4-6-8-18/h9,12,14,18,20,22,24H,3-8,10-11,13,15-17H2,1-2H3,(H,29,32)(H2,28,30,34)/t20-,22-,24-/m1/s1. The number of urea groups is 1. The van der Waals surface area contributed by atoms with Crippen molar-refractivity contribution in [2.75, 3.05) is 32.1 Å². The highest BCUT2D eigenvalue weighted by Gasteiger charge is 2.39. The lowest BCUT2D eigenvalue weighted by Gasteiger charge is -2.42. The number of nitrogens with one attached hydrogen (secondary N) is 3. The third-order valence-electron chi connectivity index (χ3n) is 7.53. The number of anilines is 1. The van der Waals surface area contributed by atoms with Gasteiger partial charge in [-0.2, -0.15) is 0 Å². The quantitative estimate of drug-likeness (QED) is 0.529.